The number of hydrogen-bond donors (Lipinski definition) is 2. The summed E-state index contributed by atoms with van der Waals surface area (Å²) in [6.45, 7) is 1.31. The summed E-state index contributed by atoms with van der Waals surface area (Å²) in [4.78, 5) is 37.8. The summed E-state index contributed by atoms with van der Waals surface area (Å²) in [6, 6.07) is 5.35. The molecule has 0 bridgehead atoms. The fourth-order valence-electron chi connectivity index (χ4n) is 4.14. The van der Waals surface area contributed by atoms with Gasteiger partial charge in [-0.05, 0) is 37.8 Å². The lowest BCUT2D eigenvalue weighted by molar-refractivity contribution is -0.142. The third-order valence-electron chi connectivity index (χ3n) is 5.76. The van der Waals surface area contributed by atoms with E-state index in [4.69, 9.17) is 14.6 Å². The highest BCUT2D eigenvalue weighted by Gasteiger charge is 2.37. The molecule has 3 aliphatic rings. The third kappa shape index (κ3) is 3.76. The van der Waals surface area contributed by atoms with Crippen LogP contribution in [0, 0.1) is 11.8 Å². The zero-order valence-electron chi connectivity index (χ0n) is 15.6. The number of ether oxygens (including phenoxy) is 2. The number of benzene rings is 1. The van der Waals surface area contributed by atoms with Gasteiger partial charge in [0, 0.05) is 30.8 Å². The van der Waals surface area contributed by atoms with Crippen LogP contribution in [-0.2, 0) is 14.4 Å². The summed E-state index contributed by atoms with van der Waals surface area (Å²) in [5, 5.41) is 12.1. The molecule has 0 radical (unpaired) electrons. The summed E-state index contributed by atoms with van der Waals surface area (Å²) < 4.78 is 11.1. The Balaban J connectivity index is 1.35. The quantitative estimate of drug-likeness (QED) is 0.811. The molecule has 1 unspecified atom stereocenters. The number of aliphatic carboxylic acids is 1. The fraction of sp³-hybridized carbons (Fsp3) is 0.550. The van der Waals surface area contributed by atoms with Gasteiger partial charge in [0.05, 0.1) is 11.8 Å². The predicted molar refractivity (Wildman–Crippen MR) is 99.4 cm³/mol. The van der Waals surface area contributed by atoms with E-state index in [1.54, 1.807) is 23.1 Å². The first kappa shape index (κ1) is 18.6. The Bertz CT molecular complexity index is 787. The van der Waals surface area contributed by atoms with Gasteiger partial charge in [-0.1, -0.05) is 0 Å². The van der Waals surface area contributed by atoms with E-state index in [1.807, 2.05) is 0 Å². The van der Waals surface area contributed by atoms with Crippen LogP contribution in [0.25, 0.3) is 0 Å². The molecule has 2 heterocycles. The van der Waals surface area contributed by atoms with Crippen LogP contribution in [0.4, 0.5) is 5.69 Å². The average Bonchev–Trinajstić information content (AvgIpc) is 3.10. The minimum absolute atomic E-state index is 0.0125. The van der Waals surface area contributed by atoms with E-state index >= 15 is 0 Å². The Hall–Kier alpha value is -2.77. The van der Waals surface area contributed by atoms with E-state index in [1.165, 1.54) is 0 Å². The molecule has 2 N–H and O–H groups in total. The molecule has 8 heteroatoms. The molecule has 0 aromatic heterocycles. The van der Waals surface area contributed by atoms with Crippen molar-refractivity contribution in [3.05, 3.63) is 18.2 Å². The van der Waals surface area contributed by atoms with Gasteiger partial charge >= 0.3 is 5.97 Å². The first-order chi connectivity index (χ1) is 13.5. The summed E-state index contributed by atoms with van der Waals surface area (Å²) >= 11 is 0. The molecule has 8 nitrogen and oxygen atoms in total. The van der Waals surface area contributed by atoms with E-state index in [0.29, 0.717) is 62.6 Å². The minimum Gasteiger partial charge on any atom is -0.486 e. The molecular formula is C20H24N2O6. The van der Waals surface area contributed by atoms with Crippen molar-refractivity contribution < 1.29 is 29.0 Å². The number of rotatable bonds is 4. The molecule has 28 heavy (non-hydrogen) atoms. The maximum atomic E-state index is 12.6. The second kappa shape index (κ2) is 7.69. The molecule has 0 spiro atoms. The zero-order valence-corrected chi connectivity index (χ0v) is 15.6. The minimum atomic E-state index is -0.763. The van der Waals surface area contributed by atoms with Gasteiger partial charge in [-0.3, -0.25) is 14.4 Å². The van der Waals surface area contributed by atoms with Crippen LogP contribution in [0.3, 0.4) is 0 Å². The van der Waals surface area contributed by atoms with Crippen LogP contribution in [0.5, 0.6) is 11.5 Å². The summed E-state index contributed by atoms with van der Waals surface area (Å²) in [5.74, 6) is -0.433. The summed E-state index contributed by atoms with van der Waals surface area (Å²) in [7, 11) is 0. The summed E-state index contributed by atoms with van der Waals surface area (Å²) in [6.07, 6.45) is 2.65. The Morgan fingerprint density at radius 1 is 1.04 bits per heavy atom. The molecule has 4 rings (SSSR count). The van der Waals surface area contributed by atoms with E-state index in [2.05, 4.69) is 5.32 Å². The maximum absolute atomic E-state index is 12.6. The van der Waals surface area contributed by atoms with Crippen LogP contribution < -0.4 is 19.7 Å². The summed E-state index contributed by atoms with van der Waals surface area (Å²) in [5.41, 5.74) is 0.700. The van der Waals surface area contributed by atoms with E-state index in [9.17, 15) is 14.4 Å². The van der Waals surface area contributed by atoms with E-state index in [0.717, 1.165) is 0 Å². The first-order valence-electron chi connectivity index (χ1n) is 9.74. The molecule has 1 aromatic carbocycles. The molecule has 1 saturated heterocycles. The second-order valence-corrected chi connectivity index (χ2v) is 7.63. The standard InChI is InChI=1S/C20H24N2O6/c23-18-9-13(19(24)21-14-3-1-12(2-4-14)20(25)26)11-22(18)15-5-6-16-17(10-15)28-8-7-27-16/h5-6,10,12-14H,1-4,7-9,11H2,(H,21,24)(H,25,26). The smallest absolute Gasteiger partial charge is 0.306 e. The molecule has 1 atom stereocenters. The van der Waals surface area contributed by atoms with Crippen molar-refractivity contribution in [2.24, 2.45) is 11.8 Å². The number of carbonyl (C=O) groups excluding carboxylic acids is 2. The fourth-order valence-corrected chi connectivity index (χ4v) is 4.14. The molecule has 2 aliphatic heterocycles. The lowest BCUT2D eigenvalue weighted by Crippen LogP contribution is -2.42. The van der Waals surface area contributed by atoms with Gasteiger partial charge in [0.2, 0.25) is 11.8 Å². The number of nitrogens with one attached hydrogen (secondary N) is 1. The van der Waals surface area contributed by atoms with Crippen molar-refractivity contribution in [2.75, 3.05) is 24.7 Å². The molecule has 2 fully saturated rings. The molecular weight excluding hydrogens is 364 g/mol. The van der Waals surface area contributed by atoms with Gasteiger partial charge in [-0.2, -0.15) is 0 Å². The van der Waals surface area contributed by atoms with Crippen molar-refractivity contribution in [1.29, 1.82) is 0 Å². The lowest BCUT2D eigenvalue weighted by atomic mass is 9.86. The largest absolute Gasteiger partial charge is 0.486 e. The van der Waals surface area contributed by atoms with Gasteiger partial charge in [-0.25, -0.2) is 0 Å². The topological polar surface area (TPSA) is 105 Å². The van der Waals surface area contributed by atoms with Crippen LogP contribution in [0.15, 0.2) is 18.2 Å². The van der Waals surface area contributed by atoms with Crippen LogP contribution in [0.1, 0.15) is 32.1 Å². The van der Waals surface area contributed by atoms with Crippen molar-refractivity contribution in [3.63, 3.8) is 0 Å². The van der Waals surface area contributed by atoms with Crippen molar-refractivity contribution in [3.8, 4) is 11.5 Å². The maximum Gasteiger partial charge on any atom is 0.306 e. The second-order valence-electron chi connectivity index (χ2n) is 7.63. The Kier molecular flexibility index (Phi) is 5.11. The Morgan fingerprint density at radius 2 is 1.75 bits per heavy atom. The van der Waals surface area contributed by atoms with Gasteiger partial charge < -0.3 is 24.8 Å². The van der Waals surface area contributed by atoms with Crippen molar-refractivity contribution >= 4 is 23.5 Å². The normalized spacial score (nSPS) is 26.8. The highest BCUT2D eigenvalue weighted by Crippen LogP contribution is 2.36. The van der Waals surface area contributed by atoms with Crippen molar-refractivity contribution in [2.45, 2.75) is 38.1 Å². The number of carboxylic acid groups (broad SMARTS) is 1. The van der Waals surface area contributed by atoms with Crippen LogP contribution in [0.2, 0.25) is 0 Å². The molecule has 1 saturated carbocycles. The van der Waals surface area contributed by atoms with Crippen LogP contribution in [-0.4, -0.2) is 48.7 Å². The number of hydrogen-bond acceptors (Lipinski definition) is 5. The Labute approximate surface area is 162 Å². The highest BCUT2D eigenvalue weighted by molar-refractivity contribution is 6.00. The molecule has 2 amide bonds. The van der Waals surface area contributed by atoms with Crippen molar-refractivity contribution in [1.82, 2.24) is 5.32 Å². The number of amides is 2. The average molecular weight is 388 g/mol. The van der Waals surface area contributed by atoms with Gasteiger partial charge in [0.1, 0.15) is 13.2 Å². The molecule has 150 valence electrons. The third-order valence-corrected chi connectivity index (χ3v) is 5.76. The monoisotopic (exact) mass is 388 g/mol. The van der Waals surface area contributed by atoms with Crippen LogP contribution >= 0.6 is 0 Å². The zero-order chi connectivity index (χ0) is 19.7. The van der Waals surface area contributed by atoms with Gasteiger partial charge in [-0.15, -0.1) is 0 Å². The van der Waals surface area contributed by atoms with E-state index < -0.39 is 11.9 Å². The number of nitrogens with zero attached hydrogens (tertiary/aromatic N) is 1. The first-order valence-corrected chi connectivity index (χ1v) is 9.74. The molecule has 1 aromatic rings. The number of fused-ring (bicyclic) bond motifs is 1. The lowest BCUT2D eigenvalue weighted by Gasteiger charge is -2.27. The highest BCUT2D eigenvalue weighted by atomic mass is 16.6. The molecule has 1 aliphatic carbocycles. The number of carboxylic acids is 1. The SMILES string of the molecule is O=C(O)C1CCC(NC(=O)C2CC(=O)N(c3ccc4c(c3)OCCO4)C2)CC1. The predicted octanol–water partition coefficient (Wildman–Crippen LogP) is 1.57. The Morgan fingerprint density at radius 3 is 2.46 bits per heavy atom. The van der Waals surface area contributed by atoms with E-state index in [-0.39, 0.29) is 30.2 Å². The van der Waals surface area contributed by atoms with Gasteiger partial charge in [0.15, 0.2) is 11.5 Å². The van der Waals surface area contributed by atoms with Gasteiger partial charge in [0.25, 0.3) is 0 Å². The number of carbonyl (C=O) groups is 3. The number of anilines is 1.